The van der Waals surface area contributed by atoms with Gasteiger partial charge in [-0.05, 0) is 22.8 Å². The average molecular weight is 201 g/mol. The largest absolute Gasteiger partial charge is 0.274 e. The number of carbonyl (C=O) groups excluding carboxylic acids is 1. The first-order valence-corrected chi connectivity index (χ1v) is 4.27. The number of hydrogen-bond donors (Lipinski definition) is 0. The molecule has 0 aliphatic heterocycles. The van der Waals surface area contributed by atoms with E-state index in [0.717, 1.165) is 0 Å². The van der Waals surface area contributed by atoms with Crippen LogP contribution in [0.2, 0.25) is 0 Å². The highest BCUT2D eigenvalue weighted by molar-refractivity contribution is 5.92. The maximum Gasteiger partial charge on any atom is 0.229 e. The number of nitrogens with zero attached hydrogens (tertiary/aromatic N) is 5. The molecule has 0 aliphatic carbocycles. The molecule has 6 nitrogen and oxygen atoms in total. The molecule has 0 saturated heterocycles. The second kappa shape index (κ2) is 3.43. The second-order valence-corrected chi connectivity index (χ2v) is 2.94. The molecule has 15 heavy (non-hydrogen) atoms. The van der Waals surface area contributed by atoms with E-state index in [1.807, 2.05) is 0 Å². The molecule has 1 heterocycles. The quantitative estimate of drug-likeness (QED) is 0.403. The summed E-state index contributed by atoms with van der Waals surface area (Å²) >= 11 is 0. The first-order chi connectivity index (χ1) is 7.24. The Morgan fingerprint density at radius 3 is 2.93 bits per heavy atom. The van der Waals surface area contributed by atoms with Crippen molar-refractivity contribution in [2.24, 2.45) is 5.11 Å². The van der Waals surface area contributed by atoms with E-state index in [-0.39, 0.29) is 11.9 Å². The number of fused-ring (bicyclic) bond motifs is 1. The number of rotatable bonds is 1. The fourth-order valence-corrected chi connectivity index (χ4v) is 1.43. The van der Waals surface area contributed by atoms with E-state index < -0.39 is 0 Å². The predicted octanol–water partition coefficient (Wildman–Crippen LogP) is 2.64. The van der Waals surface area contributed by atoms with Crippen LogP contribution in [-0.4, -0.2) is 15.5 Å². The van der Waals surface area contributed by atoms with Gasteiger partial charge in [-0.25, -0.2) is 4.98 Å². The lowest BCUT2D eigenvalue weighted by molar-refractivity contribution is 0.0943. The molecule has 6 heteroatoms. The van der Waals surface area contributed by atoms with Crippen molar-refractivity contribution in [3.8, 4) is 0 Å². The molecule has 74 valence electrons. The van der Waals surface area contributed by atoms with Crippen LogP contribution in [0.3, 0.4) is 0 Å². The Balaban J connectivity index is 2.86. The molecule has 0 spiro atoms. The van der Waals surface area contributed by atoms with Crippen molar-refractivity contribution in [1.82, 2.24) is 9.55 Å². The topological polar surface area (TPSA) is 83.7 Å². The highest BCUT2D eigenvalue weighted by atomic mass is 16.1. The minimum atomic E-state index is -0.230. The number of azide groups is 1. The molecule has 0 radical (unpaired) electrons. The Morgan fingerprint density at radius 1 is 1.53 bits per heavy atom. The Kier molecular flexibility index (Phi) is 2.11. The van der Waals surface area contributed by atoms with E-state index in [9.17, 15) is 4.79 Å². The first kappa shape index (κ1) is 9.23. The number of carbonyl (C=O) groups is 1. The van der Waals surface area contributed by atoms with Gasteiger partial charge in [-0.2, -0.15) is 0 Å². The average Bonchev–Trinajstić information content (AvgIpc) is 2.56. The SMILES string of the molecule is CC(=O)n1c(N=[N+]=[N-])nc2ccccc21. The van der Waals surface area contributed by atoms with Crippen LogP contribution in [0.4, 0.5) is 5.95 Å². The van der Waals surface area contributed by atoms with Crippen LogP contribution in [0.1, 0.15) is 11.7 Å². The van der Waals surface area contributed by atoms with E-state index >= 15 is 0 Å². The monoisotopic (exact) mass is 201 g/mol. The van der Waals surface area contributed by atoms with E-state index in [0.29, 0.717) is 11.0 Å². The zero-order valence-electron chi connectivity index (χ0n) is 7.95. The molecule has 0 aliphatic rings. The summed E-state index contributed by atoms with van der Waals surface area (Å²) < 4.78 is 1.29. The summed E-state index contributed by atoms with van der Waals surface area (Å²) in [7, 11) is 0. The molecule has 0 N–H and O–H groups in total. The van der Waals surface area contributed by atoms with Gasteiger partial charge in [0.05, 0.1) is 11.0 Å². The van der Waals surface area contributed by atoms with Gasteiger partial charge in [0, 0.05) is 11.8 Å². The lowest BCUT2D eigenvalue weighted by Gasteiger charge is -1.98. The number of hydrogen-bond acceptors (Lipinski definition) is 3. The number of para-hydroxylation sites is 2. The third-order valence-corrected chi connectivity index (χ3v) is 1.99. The Labute approximate surface area is 84.8 Å². The summed E-state index contributed by atoms with van der Waals surface area (Å²) in [5, 5.41) is 3.38. The van der Waals surface area contributed by atoms with Gasteiger partial charge >= 0.3 is 0 Å². The van der Waals surface area contributed by atoms with Gasteiger partial charge in [-0.3, -0.25) is 9.36 Å². The van der Waals surface area contributed by atoms with Crippen molar-refractivity contribution < 1.29 is 4.79 Å². The van der Waals surface area contributed by atoms with Crippen molar-refractivity contribution in [3.63, 3.8) is 0 Å². The van der Waals surface area contributed by atoms with E-state index in [2.05, 4.69) is 15.0 Å². The first-order valence-electron chi connectivity index (χ1n) is 4.27. The Hall–Kier alpha value is -2.33. The number of benzene rings is 1. The van der Waals surface area contributed by atoms with Gasteiger partial charge < -0.3 is 0 Å². The van der Waals surface area contributed by atoms with Gasteiger partial charge in [0.15, 0.2) is 0 Å². The van der Waals surface area contributed by atoms with Crippen molar-refractivity contribution in [2.45, 2.75) is 6.92 Å². The van der Waals surface area contributed by atoms with Crippen LogP contribution >= 0.6 is 0 Å². The van der Waals surface area contributed by atoms with Crippen LogP contribution < -0.4 is 0 Å². The van der Waals surface area contributed by atoms with E-state index in [1.165, 1.54) is 11.5 Å². The van der Waals surface area contributed by atoms with E-state index in [1.54, 1.807) is 24.3 Å². The van der Waals surface area contributed by atoms with Gasteiger partial charge in [0.1, 0.15) is 0 Å². The Morgan fingerprint density at radius 2 is 2.27 bits per heavy atom. The van der Waals surface area contributed by atoms with Crippen LogP contribution in [0.25, 0.3) is 21.5 Å². The third-order valence-electron chi connectivity index (χ3n) is 1.99. The molecule has 1 aromatic heterocycles. The molecule has 0 atom stereocenters. The van der Waals surface area contributed by atoms with Crippen molar-refractivity contribution in [3.05, 3.63) is 34.7 Å². The summed E-state index contributed by atoms with van der Waals surface area (Å²) in [6.45, 7) is 1.39. The number of aromatic nitrogens is 2. The lowest BCUT2D eigenvalue weighted by atomic mass is 10.3. The van der Waals surface area contributed by atoms with E-state index in [4.69, 9.17) is 5.53 Å². The lowest BCUT2D eigenvalue weighted by Crippen LogP contribution is -2.03. The van der Waals surface area contributed by atoms with Crippen LogP contribution in [-0.2, 0) is 0 Å². The zero-order valence-corrected chi connectivity index (χ0v) is 7.95. The van der Waals surface area contributed by atoms with Crippen LogP contribution in [0, 0.1) is 0 Å². The molecular weight excluding hydrogens is 194 g/mol. The second-order valence-electron chi connectivity index (χ2n) is 2.94. The third kappa shape index (κ3) is 1.43. The molecule has 0 fully saturated rings. The summed E-state index contributed by atoms with van der Waals surface area (Å²) in [5.41, 5.74) is 9.62. The molecule has 0 saturated carbocycles. The van der Waals surface area contributed by atoms with Gasteiger partial charge in [-0.15, -0.1) is 0 Å². The standard InChI is InChI=1S/C9H7N5O/c1-6(15)14-8-5-3-2-4-7(8)11-9(14)12-13-10/h2-5H,1H3. The summed E-state index contributed by atoms with van der Waals surface area (Å²) in [5.74, 6) is -0.155. The molecule has 1 aromatic carbocycles. The number of imidazole rings is 1. The van der Waals surface area contributed by atoms with Crippen molar-refractivity contribution >= 4 is 22.9 Å². The Bertz CT molecular complexity index is 579. The molecule has 0 amide bonds. The summed E-state index contributed by atoms with van der Waals surface area (Å²) in [4.78, 5) is 18.0. The van der Waals surface area contributed by atoms with Crippen LogP contribution in [0.5, 0.6) is 0 Å². The highest BCUT2D eigenvalue weighted by Gasteiger charge is 2.11. The molecular formula is C9H7N5O. The minimum absolute atomic E-state index is 0.0752. The molecule has 2 rings (SSSR count). The fraction of sp³-hybridized carbons (Fsp3) is 0.111. The van der Waals surface area contributed by atoms with Crippen molar-refractivity contribution in [2.75, 3.05) is 0 Å². The highest BCUT2D eigenvalue weighted by Crippen LogP contribution is 2.21. The summed E-state index contributed by atoms with van der Waals surface area (Å²) in [6.07, 6.45) is 0. The summed E-state index contributed by atoms with van der Waals surface area (Å²) in [6, 6.07) is 7.11. The maximum absolute atomic E-state index is 11.4. The normalized spacial score (nSPS) is 9.93. The molecule has 2 aromatic rings. The van der Waals surface area contributed by atoms with Crippen LogP contribution in [0.15, 0.2) is 29.4 Å². The van der Waals surface area contributed by atoms with Gasteiger partial charge in [0.2, 0.25) is 11.9 Å². The predicted molar refractivity (Wildman–Crippen MR) is 54.8 cm³/mol. The van der Waals surface area contributed by atoms with Gasteiger partial charge in [0.25, 0.3) is 0 Å². The molecule has 0 unspecified atom stereocenters. The zero-order chi connectivity index (χ0) is 10.8. The fourth-order valence-electron chi connectivity index (χ4n) is 1.43. The maximum atomic E-state index is 11.4. The van der Waals surface area contributed by atoms with Crippen molar-refractivity contribution in [1.29, 1.82) is 0 Å². The molecule has 0 bridgehead atoms. The van der Waals surface area contributed by atoms with Gasteiger partial charge in [-0.1, -0.05) is 12.1 Å². The minimum Gasteiger partial charge on any atom is -0.274 e. The smallest absolute Gasteiger partial charge is 0.229 e.